The first kappa shape index (κ1) is 23.9. The molecule has 0 saturated carbocycles. The SMILES string of the molecule is Cc1ccc(C=NCc2c(F)c(OCCN3CCOC3=O)nc(N3CCOCC3)c2F)cc1C. The van der Waals surface area contributed by atoms with E-state index in [4.69, 9.17) is 14.2 Å². The molecule has 8 nitrogen and oxygen atoms in total. The van der Waals surface area contributed by atoms with Crippen molar-refractivity contribution in [3.63, 3.8) is 0 Å². The summed E-state index contributed by atoms with van der Waals surface area (Å²) in [5.74, 6) is -1.95. The van der Waals surface area contributed by atoms with E-state index >= 15 is 8.78 Å². The molecule has 1 amide bonds. The van der Waals surface area contributed by atoms with Crippen LogP contribution in [0.25, 0.3) is 0 Å². The quantitative estimate of drug-likeness (QED) is 0.547. The van der Waals surface area contributed by atoms with E-state index < -0.39 is 17.7 Å². The molecule has 0 atom stereocenters. The second kappa shape index (κ2) is 10.8. The number of pyridine rings is 1. The molecule has 2 aliphatic rings. The van der Waals surface area contributed by atoms with Crippen molar-refractivity contribution in [3.8, 4) is 5.88 Å². The highest BCUT2D eigenvalue weighted by Gasteiger charge is 2.26. The summed E-state index contributed by atoms with van der Waals surface area (Å²) in [4.78, 5) is 23.2. The number of cyclic esters (lactones) is 1. The number of aryl methyl sites for hydroxylation is 2. The lowest BCUT2D eigenvalue weighted by atomic mass is 10.1. The summed E-state index contributed by atoms with van der Waals surface area (Å²) in [6.07, 6.45) is 1.16. The predicted octanol–water partition coefficient (Wildman–Crippen LogP) is 3.26. The van der Waals surface area contributed by atoms with Gasteiger partial charge in [0, 0.05) is 19.3 Å². The first-order chi connectivity index (χ1) is 16.4. The number of aliphatic imine (C=N–C) groups is 1. The molecule has 2 fully saturated rings. The molecule has 0 N–H and O–H groups in total. The van der Waals surface area contributed by atoms with Gasteiger partial charge < -0.3 is 24.0 Å². The van der Waals surface area contributed by atoms with Gasteiger partial charge in [0.15, 0.2) is 17.5 Å². The molecule has 182 valence electrons. The lowest BCUT2D eigenvalue weighted by Gasteiger charge is -2.29. The van der Waals surface area contributed by atoms with Crippen LogP contribution < -0.4 is 9.64 Å². The number of anilines is 1. The standard InChI is InChI=1S/C24H28F2N4O4/c1-16-3-4-18(13-17(16)2)14-27-15-19-20(25)22(29-5-9-32-10-6-29)28-23(21(19)26)33-11-7-30-8-12-34-24(30)31/h3-4,13-14H,5-12,15H2,1-2H3. The lowest BCUT2D eigenvalue weighted by molar-refractivity contribution is 0.122. The zero-order valence-electron chi connectivity index (χ0n) is 19.4. The van der Waals surface area contributed by atoms with Gasteiger partial charge in [0.2, 0.25) is 0 Å². The van der Waals surface area contributed by atoms with E-state index in [1.54, 1.807) is 11.1 Å². The van der Waals surface area contributed by atoms with Gasteiger partial charge in [-0.3, -0.25) is 4.99 Å². The van der Waals surface area contributed by atoms with Crippen LogP contribution >= 0.6 is 0 Å². The molecule has 2 aromatic rings. The largest absolute Gasteiger partial charge is 0.474 e. The molecule has 0 radical (unpaired) electrons. The van der Waals surface area contributed by atoms with Gasteiger partial charge in [0.25, 0.3) is 5.88 Å². The summed E-state index contributed by atoms with van der Waals surface area (Å²) >= 11 is 0. The predicted molar refractivity (Wildman–Crippen MR) is 123 cm³/mol. The Morgan fingerprint density at radius 3 is 2.62 bits per heavy atom. The van der Waals surface area contributed by atoms with Gasteiger partial charge in [-0.1, -0.05) is 18.2 Å². The summed E-state index contributed by atoms with van der Waals surface area (Å²) in [6, 6.07) is 5.85. The van der Waals surface area contributed by atoms with E-state index in [1.165, 1.54) is 4.90 Å². The van der Waals surface area contributed by atoms with Crippen molar-refractivity contribution in [2.24, 2.45) is 4.99 Å². The Hall–Kier alpha value is -3.27. The van der Waals surface area contributed by atoms with Crippen LogP contribution in [0.15, 0.2) is 23.2 Å². The number of benzene rings is 1. The van der Waals surface area contributed by atoms with Crippen molar-refractivity contribution >= 4 is 18.1 Å². The van der Waals surface area contributed by atoms with E-state index in [2.05, 4.69) is 9.98 Å². The molecule has 1 aromatic heterocycles. The smallest absolute Gasteiger partial charge is 0.410 e. The monoisotopic (exact) mass is 474 g/mol. The number of aromatic nitrogens is 1. The fourth-order valence-corrected chi connectivity index (χ4v) is 3.74. The summed E-state index contributed by atoms with van der Waals surface area (Å²) in [6.45, 7) is 6.47. The van der Waals surface area contributed by atoms with Crippen molar-refractivity contribution in [2.75, 3.05) is 57.5 Å². The molecule has 0 aliphatic carbocycles. The number of nitrogens with zero attached hydrogens (tertiary/aromatic N) is 4. The van der Waals surface area contributed by atoms with Crippen LogP contribution in [-0.2, 0) is 16.0 Å². The van der Waals surface area contributed by atoms with Gasteiger partial charge in [-0.15, -0.1) is 0 Å². The fourth-order valence-electron chi connectivity index (χ4n) is 3.74. The Balaban J connectivity index is 1.56. The molecule has 0 bridgehead atoms. The molecular weight excluding hydrogens is 446 g/mol. The Kier molecular flexibility index (Phi) is 7.56. The Morgan fingerprint density at radius 1 is 1.12 bits per heavy atom. The number of halogens is 2. The Labute approximate surface area is 197 Å². The van der Waals surface area contributed by atoms with Gasteiger partial charge in [0.1, 0.15) is 13.2 Å². The van der Waals surface area contributed by atoms with E-state index in [1.807, 2.05) is 32.0 Å². The maximum atomic E-state index is 15.4. The lowest BCUT2D eigenvalue weighted by Crippen LogP contribution is -2.37. The van der Waals surface area contributed by atoms with Crippen LogP contribution in [0, 0.1) is 25.5 Å². The highest BCUT2D eigenvalue weighted by atomic mass is 19.1. The zero-order chi connectivity index (χ0) is 24.1. The normalized spacial score (nSPS) is 16.4. The second-order valence-corrected chi connectivity index (χ2v) is 8.21. The number of amides is 1. The number of morpholine rings is 1. The van der Waals surface area contributed by atoms with Crippen LogP contribution in [0.3, 0.4) is 0 Å². The number of ether oxygens (including phenoxy) is 3. The van der Waals surface area contributed by atoms with Crippen LogP contribution in [0.2, 0.25) is 0 Å². The number of carbonyl (C=O) groups is 1. The molecule has 2 aliphatic heterocycles. The van der Waals surface area contributed by atoms with Crippen LogP contribution in [-0.4, -0.2) is 74.8 Å². The zero-order valence-corrected chi connectivity index (χ0v) is 19.4. The van der Waals surface area contributed by atoms with Gasteiger partial charge in [-0.25, -0.2) is 13.6 Å². The third-order valence-corrected chi connectivity index (χ3v) is 5.90. The van der Waals surface area contributed by atoms with E-state index in [0.717, 1.165) is 16.7 Å². The minimum Gasteiger partial charge on any atom is -0.474 e. The number of carbonyl (C=O) groups excluding carboxylic acids is 1. The summed E-state index contributed by atoms with van der Waals surface area (Å²) in [5.41, 5.74) is 2.90. The first-order valence-corrected chi connectivity index (χ1v) is 11.3. The average molecular weight is 475 g/mol. The van der Waals surface area contributed by atoms with Crippen LogP contribution in [0.5, 0.6) is 5.88 Å². The third-order valence-electron chi connectivity index (χ3n) is 5.90. The molecule has 0 spiro atoms. The molecule has 3 heterocycles. The van der Waals surface area contributed by atoms with Gasteiger partial charge in [-0.05, 0) is 30.5 Å². The Morgan fingerprint density at radius 2 is 1.91 bits per heavy atom. The van der Waals surface area contributed by atoms with E-state index in [9.17, 15) is 4.79 Å². The highest BCUT2D eigenvalue weighted by Crippen LogP contribution is 2.30. The fraction of sp³-hybridized carbons (Fsp3) is 0.458. The van der Waals surface area contributed by atoms with Crippen molar-refractivity contribution in [1.82, 2.24) is 9.88 Å². The van der Waals surface area contributed by atoms with Gasteiger partial charge in [0.05, 0.1) is 38.4 Å². The second-order valence-electron chi connectivity index (χ2n) is 8.21. The van der Waals surface area contributed by atoms with Crippen LogP contribution in [0.4, 0.5) is 19.4 Å². The first-order valence-electron chi connectivity index (χ1n) is 11.3. The third kappa shape index (κ3) is 5.44. The summed E-state index contributed by atoms with van der Waals surface area (Å²) in [5, 5.41) is 0. The minimum absolute atomic E-state index is 0.00143. The van der Waals surface area contributed by atoms with E-state index in [-0.39, 0.29) is 37.0 Å². The van der Waals surface area contributed by atoms with Crippen LogP contribution in [0.1, 0.15) is 22.3 Å². The maximum Gasteiger partial charge on any atom is 0.410 e. The topological polar surface area (TPSA) is 76.5 Å². The number of hydrogen-bond acceptors (Lipinski definition) is 7. The molecule has 1 aromatic carbocycles. The molecule has 4 rings (SSSR count). The number of rotatable bonds is 8. The van der Waals surface area contributed by atoms with Crippen molar-refractivity contribution < 1.29 is 27.8 Å². The van der Waals surface area contributed by atoms with Crippen molar-refractivity contribution in [1.29, 1.82) is 0 Å². The van der Waals surface area contributed by atoms with Gasteiger partial charge in [-0.2, -0.15) is 4.98 Å². The summed E-state index contributed by atoms with van der Waals surface area (Å²) < 4.78 is 46.4. The molecule has 10 heteroatoms. The van der Waals surface area contributed by atoms with Gasteiger partial charge >= 0.3 is 6.09 Å². The van der Waals surface area contributed by atoms with Crippen molar-refractivity contribution in [2.45, 2.75) is 20.4 Å². The number of hydrogen-bond donors (Lipinski definition) is 0. The molecule has 2 saturated heterocycles. The van der Waals surface area contributed by atoms with Crippen molar-refractivity contribution in [3.05, 3.63) is 52.1 Å². The van der Waals surface area contributed by atoms with E-state index in [0.29, 0.717) is 39.5 Å². The maximum absolute atomic E-state index is 15.4. The molecular formula is C24H28F2N4O4. The summed E-state index contributed by atoms with van der Waals surface area (Å²) in [7, 11) is 0. The molecule has 0 unspecified atom stereocenters. The Bertz CT molecular complexity index is 1070. The minimum atomic E-state index is -0.893. The highest BCUT2D eigenvalue weighted by molar-refractivity contribution is 5.80. The average Bonchev–Trinajstić information content (AvgIpc) is 3.25. The molecule has 34 heavy (non-hydrogen) atoms.